The fourth-order valence-electron chi connectivity index (χ4n) is 1.94. The average Bonchev–Trinajstić information content (AvgIpc) is 2.89. The van der Waals surface area contributed by atoms with Gasteiger partial charge >= 0.3 is 5.69 Å². The predicted molar refractivity (Wildman–Crippen MR) is 69.5 cm³/mol. The van der Waals surface area contributed by atoms with Crippen LogP contribution in [0.3, 0.4) is 0 Å². The first kappa shape index (κ1) is 11.5. The minimum atomic E-state index is -0.118. The Bertz CT molecular complexity index is 810. The normalized spacial score (nSPS) is 11.3. The topological polar surface area (TPSA) is 96.6 Å². The summed E-state index contributed by atoms with van der Waals surface area (Å²) in [7, 11) is 3.48. The van der Waals surface area contributed by atoms with Gasteiger partial charge in [-0.25, -0.2) is 14.8 Å². The molecular weight excluding hydrogens is 246 g/mol. The van der Waals surface area contributed by atoms with Crippen LogP contribution in [-0.2, 0) is 20.6 Å². The standard InChI is InChI=1S/C11H13N7O/c1-16-3-4-18(11(16)19)6-8-14-9(12)7-5-13-17(2)10(7)15-8/h3-5H,6H2,1-2H3,(H2,12,14,15). The van der Waals surface area contributed by atoms with E-state index in [9.17, 15) is 4.79 Å². The lowest BCUT2D eigenvalue weighted by Gasteiger charge is -2.03. The summed E-state index contributed by atoms with van der Waals surface area (Å²) in [5, 5.41) is 4.80. The lowest BCUT2D eigenvalue weighted by atomic mass is 10.4. The van der Waals surface area contributed by atoms with Gasteiger partial charge < -0.3 is 10.3 Å². The van der Waals surface area contributed by atoms with Gasteiger partial charge in [-0.2, -0.15) is 5.10 Å². The number of aromatic nitrogens is 6. The first-order chi connectivity index (χ1) is 9.06. The summed E-state index contributed by atoms with van der Waals surface area (Å²) in [6.07, 6.45) is 5.01. The fraction of sp³-hybridized carbons (Fsp3) is 0.273. The van der Waals surface area contributed by atoms with Crippen molar-refractivity contribution >= 4 is 16.9 Å². The molecular formula is C11H13N7O. The Morgan fingerprint density at radius 3 is 2.74 bits per heavy atom. The van der Waals surface area contributed by atoms with Gasteiger partial charge in [0, 0.05) is 26.5 Å². The van der Waals surface area contributed by atoms with Gasteiger partial charge in [0.1, 0.15) is 5.82 Å². The van der Waals surface area contributed by atoms with E-state index in [0.29, 0.717) is 22.7 Å². The Morgan fingerprint density at radius 2 is 2.05 bits per heavy atom. The Hall–Kier alpha value is -2.64. The van der Waals surface area contributed by atoms with Gasteiger partial charge in [-0.3, -0.25) is 9.25 Å². The number of fused-ring (bicyclic) bond motifs is 1. The summed E-state index contributed by atoms with van der Waals surface area (Å²) in [5.74, 6) is 0.860. The summed E-state index contributed by atoms with van der Waals surface area (Å²) in [6, 6.07) is 0. The van der Waals surface area contributed by atoms with Crippen molar-refractivity contribution in [2.24, 2.45) is 14.1 Å². The van der Waals surface area contributed by atoms with Crippen LogP contribution in [0, 0.1) is 0 Å². The van der Waals surface area contributed by atoms with Crippen molar-refractivity contribution in [2.45, 2.75) is 6.54 Å². The van der Waals surface area contributed by atoms with Gasteiger partial charge in [-0.15, -0.1) is 0 Å². The van der Waals surface area contributed by atoms with Crippen LogP contribution in [-0.4, -0.2) is 28.9 Å². The highest BCUT2D eigenvalue weighted by molar-refractivity contribution is 5.84. The van der Waals surface area contributed by atoms with E-state index in [1.807, 2.05) is 0 Å². The van der Waals surface area contributed by atoms with E-state index in [0.717, 1.165) is 0 Å². The lowest BCUT2D eigenvalue weighted by molar-refractivity contribution is 0.687. The van der Waals surface area contributed by atoms with Crippen LogP contribution in [0.25, 0.3) is 11.0 Å². The van der Waals surface area contributed by atoms with E-state index in [-0.39, 0.29) is 12.2 Å². The zero-order valence-electron chi connectivity index (χ0n) is 10.6. The van der Waals surface area contributed by atoms with Crippen molar-refractivity contribution in [1.29, 1.82) is 0 Å². The molecule has 8 nitrogen and oxygen atoms in total. The number of anilines is 1. The molecule has 98 valence electrons. The lowest BCUT2D eigenvalue weighted by Crippen LogP contribution is -2.23. The SMILES string of the molecule is Cn1ccn(Cc2nc(N)c3cnn(C)c3n2)c1=O. The van der Waals surface area contributed by atoms with E-state index in [4.69, 9.17) is 5.73 Å². The third kappa shape index (κ3) is 1.77. The Balaban J connectivity index is 2.08. The molecule has 0 aliphatic heterocycles. The number of nitrogens with zero attached hydrogens (tertiary/aromatic N) is 6. The van der Waals surface area contributed by atoms with E-state index in [1.54, 1.807) is 37.4 Å². The number of nitrogen functional groups attached to an aromatic ring is 1. The van der Waals surface area contributed by atoms with Gasteiger partial charge in [0.2, 0.25) is 0 Å². The maximum Gasteiger partial charge on any atom is 0.328 e. The maximum atomic E-state index is 11.8. The largest absolute Gasteiger partial charge is 0.383 e. The van der Waals surface area contributed by atoms with Gasteiger partial charge in [0.15, 0.2) is 11.5 Å². The Labute approximate surface area is 108 Å². The minimum Gasteiger partial charge on any atom is -0.383 e. The van der Waals surface area contributed by atoms with Crippen LogP contribution in [0.5, 0.6) is 0 Å². The van der Waals surface area contributed by atoms with Crippen molar-refractivity contribution in [3.63, 3.8) is 0 Å². The number of nitrogens with two attached hydrogens (primary N) is 1. The Kier molecular flexibility index (Phi) is 2.37. The molecule has 0 atom stereocenters. The molecule has 0 aliphatic carbocycles. The van der Waals surface area contributed by atoms with Crippen LogP contribution < -0.4 is 11.4 Å². The molecule has 3 aromatic heterocycles. The number of rotatable bonds is 2. The van der Waals surface area contributed by atoms with Crippen LogP contribution in [0.15, 0.2) is 23.4 Å². The van der Waals surface area contributed by atoms with Crippen LogP contribution >= 0.6 is 0 Å². The van der Waals surface area contributed by atoms with Gasteiger partial charge in [0.25, 0.3) is 0 Å². The monoisotopic (exact) mass is 259 g/mol. The summed E-state index contributed by atoms with van der Waals surface area (Å²) in [5.41, 5.74) is 6.41. The van der Waals surface area contributed by atoms with Crippen molar-refractivity contribution < 1.29 is 0 Å². The zero-order valence-corrected chi connectivity index (χ0v) is 10.6. The zero-order chi connectivity index (χ0) is 13.6. The fourth-order valence-corrected chi connectivity index (χ4v) is 1.94. The van der Waals surface area contributed by atoms with Crippen molar-refractivity contribution in [2.75, 3.05) is 5.73 Å². The number of imidazole rings is 1. The second kappa shape index (κ2) is 3.94. The second-order valence-corrected chi connectivity index (χ2v) is 4.35. The van der Waals surface area contributed by atoms with Crippen LogP contribution in [0.2, 0.25) is 0 Å². The molecule has 19 heavy (non-hydrogen) atoms. The molecule has 0 aliphatic rings. The highest BCUT2D eigenvalue weighted by Crippen LogP contribution is 2.16. The van der Waals surface area contributed by atoms with Crippen LogP contribution in [0.4, 0.5) is 5.82 Å². The molecule has 3 aromatic rings. The molecule has 0 saturated carbocycles. The van der Waals surface area contributed by atoms with Gasteiger partial charge in [-0.05, 0) is 0 Å². The molecule has 0 fully saturated rings. The highest BCUT2D eigenvalue weighted by atomic mass is 16.1. The van der Waals surface area contributed by atoms with E-state index < -0.39 is 0 Å². The van der Waals surface area contributed by atoms with E-state index in [1.165, 1.54) is 9.13 Å². The predicted octanol–water partition coefficient (Wildman–Crippen LogP) is -0.506. The van der Waals surface area contributed by atoms with Crippen LogP contribution in [0.1, 0.15) is 5.82 Å². The average molecular weight is 259 g/mol. The molecule has 0 radical (unpaired) electrons. The van der Waals surface area contributed by atoms with E-state index in [2.05, 4.69) is 15.1 Å². The van der Waals surface area contributed by atoms with Gasteiger partial charge in [0.05, 0.1) is 18.1 Å². The third-order valence-electron chi connectivity index (χ3n) is 3.00. The summed E-state index contributed by atoms with van der Waals surface area (Å²) in [4.78, 5) is 20.3. The van der Waals surface area contributed by atoms with Gasteiger partial charge in [-0.1, -0.05) is 0 Å². The van der Waals surface area contributed by atoms with Crippen molar-refractivity contribution in [3.05, 3.63) is 34.9 Å². The second-order valence-electron chi connectivity index (χ2n) is 4.35. The quantitative estimate of drug-likeness (QED) is 0.669. The van der Waals surface area contributed by atoms with Crippen molar-refractivity contribution in [3.8, 4) is 0 Å². The molecule has 0 aromatic carbocycles. The minimum absolute atomic E-state index is 0.118. The molecule has 0 amide bonds. The summed E-state index contributed by atoms with van der Waals surface area (Å²) < 4.78 is 4.65. The molecule has 2 N–H and O–H groups in total. The molecule has 0 bridgehead atoms. The number of hydrogen-bond acceptors (Lipinski definition) is 5. The number of aryl methyl sites for hydroxylation is 2. The number of hydrogen-bond donors (Lipinski definition) is 1. The molecule has 0 saturated heterocycles. The first-order valence-corrected chi connectivity index (χ1v) is 5.72. The smallest absolute Gasteiger partial charge is 0.328 e. The summed E-state index contributed by atoms with van der Waals surface area (Å²) >= 11 is 0. The molecule has 0 unspecified atom stereocenters. The molecule has 8 heteroatoms. The van der Waals surface area contributed by atoms with Crippen molar-refractivity contribution in [1.82, 2.24) is 28.9 Å². The molecule has 0 spiro atoms. The van der Waals surface area contributed by atoms with E-state index >= 15 is 0 Å². The summed E-state index contributed by atoms with van der Waals surface area (Å²) in [6.45, 7) is 0.283. The molecule has 3 heterocycles. The maximum absolute atomic E-state index is 11.8. The first-order valence-electron chi connectivity index (χ1n) is 5.72. The molecule has 3 rings (SSSR count). The third-order valence-corrected chi connectivity index (χ3v) is 3.00. The highest BCUT2D eigenvalue weighted by Gasteiger charge is 2.10. The Morgan fingerprint density at radius 1 is 1.26 bits per heavy atom.